The van der Waals surface area contributed by atoms with Gasteiger partial charge in [0.1, 0.15) is 0 Å². The molecule has 0 bridgehead atoms. The zero-order valence-corrected chi connectivity index (χ0v) is 19.8. The molecule has 0 aromatic rings. The Bertz CT molecular complexity index is 661. The van der Waals surface area contributed by atoms with E-state index in [1.54, 1.807) is 0 Å². The first-order valence-electron chi connectivity index (χ1n) is 12.7. The average molecular weight is 399 g/mol. The third kappa shape index (κ3) is 3.58. The average Bonchev–Trinajstić information content (AvgIpc) is 3.03. The minimum absolute atomic E-state index is 0.0461. The van der Waals surface area contributed by atoms with Crippen molar-refractivity contribution in [2.75, 3.05) is 0 Å². The summed E-state index contributed by atoms with van der Waals surface area (Å²) in [5.41, 5.74) is 4.18. The van der Waals surface area contributed by atoms with Crippen molar-refractivity contribution >= 4 is 0 Å². The van der Waals surface area contributed by atoms with E-state index >= 15 is 0 Å². The summed E-state index contributed by atoms with van der Waals surface area (Å²) in [5, 5.41) is 10.2. The van der Waals surface area contributed by atoms with E-state index in [0.717, 1.165) is 36.5 Å². The number of aliphatic hydroxyl groups is 1. The van der Waals surface area contributed by atoms with Crippen LogP contribution in [0.2, 0.25) is 0 Å². The molecule has 3 saturated carbocycles. The molecule has 0 amide bonds. The summed E-state index contributed by atoms with van der Waals surface area (Å²) in [5.74, 6) is 4.73. The third-order valence-electron chi connectivity index (χ3n) is 10.7. The summed E-state index contributed by atoms with van der Waals surface area (Å²) in [6.07, 6.45) is 15.5. The second-order valence-corrected chi connectivity index (χ2v) is 12.2. The van der Waals surface area contributed by atoms with Crippen LogP contribution in [-0.2, 0) is 0 Å². The van der Waals surface area contributed by atoms with Gasteiger partial charge in [-0.2, -0.15) is 0 Å². The standard InChI is InChI=1S/C28H46O/c1-18(2)19(3)7-8-20(4)24-11-12-25-23-10-9-21-17-22(29)13-15-27(21,5)26(23)14-16-28(24,25)6/h10,19-22,24-26,29H,1,7-9,11-17H2,2-6H3. The van der Waals surface area contributed by atoms with Crippen LogP contribution in [0, 0.1) is 46.3 Å². The molecule has 29 heavy (non-hydrogen) atoms. The van der Waals surface area contributed by atoms with Gasteiger partial charge in [-0.05, 0) is 117 Å². The smallest absolute Gasteiger partial charge is 0.0543 e. The molecule has 4 aliphatic carbocycles. The van der Waals surface area contributed by atoms with Crippen molar-refractivity contribution in [1.82, 2.24) is 0 Å². The summed E-state index contributed by atoms with van der Waals surface area (Å²) in [6, 6.07) is 0. The Morgan fingerprint density at radius 3 is 2.48 bits per heavy atom. The molecule has 1 N–H and O–H groups in total. The number of rotatable bonds is 5. The number of hydrogen-bond acceptors (Lipinski definition) is 1. The van der Waals surface area contributed by atoms with Crippen molar-refractivity contribution in [2.24, 2.45) is 46.3 Å². The first kappa shape index (κ1) is 21.7. The zero-order valence-electron chi connectivity index (χ0n) is 19.8. The summed E-state index contributed by atoms with van der Waals surface area (Å²) < 4.78 is 0. The lowest BCUT2D eigenvalue weighted by Crippen LogP contribution is -2.49. The van der Waals surface area contributed by atoms with Crippen LogP contribution in [0.3, 0.4) is 0 Å². The van der Waals surface area contributed by atoms with Crippen LogP contribution in [0.25, 0.3) is 0 Å². The Labute approximate surface area is 180 Å². The molecule has 0 spiro atoms. The van der Waals surface area contributed by atoms with Crippen LogP contribution in [-0.4, -0.2) is 11.2 Å². The SMILES string of the molecule is C=C(C)C(C)CCC(C)C1CCC2C3=CCC4CC(O)CCC4(C)C3CCC21C. The van der Waals surface area contributed by atoms with Crippen molar-refractivity contribution in [3.63, 3.8) is 0 Å². The van der Waals surface area contributed by atoms with Crippen LogP contribution in [0.15, 0.2) is 23.8 Å². The molecule has 1 nitrogen and oxygen atoms in total. The third-order valence-corrected chi connectivity index (χ3v) is 10.7. The van der Waals surface area contributed by atoms with Crippen LogP contribution in [0.1, 0.15) is 98.8 Å². The van der Waals surface area contributed by atoms with Crippen LogP contribution in [0.4, 0.5) is 0 Å². The van der Waals surface area contributed by atoms with E-state index in [4.69, 9.17) is 0 Å². The lowest BCUT2D eigenvalue weighted by Gasteiger charge is -2.57. The summed E-state index contributed by atoms with van der Waals surface area (Å²) in [4.78, 5) is 0. The number of aliphatic hydroxyl groups excluding tert-OH is 1. The van der Waals surface area contributed by atoms with Crippen LogP contribution >= 0.6 is 0 Å². The molecular weight excluding hydrogens is 352 g/mol. The molecule has 4 aliphatic rings. The van der Waals surface area contributed by atoms with Gasteiger partial charge in [0.15, 0.2) is 0 Å². The zero-order chi connectivity index (χ0) is 21.0. The van der Waals surface area contributed by atoms with Gasteiger partial charge in [0.05, 0.1) is 6.10 Å². The maximum absolute atomic E-state index is 10.2. The highest BCUT2D eigenvalue weighted by Gasteiger charge is 2.58. The van der Waals surface area contributed by atoms with Crippen molar-refractivity contribution in [1.29, 1.82) is 0 Å². The predicted octanol–water partition coefficient (Wildman–Crippen LogP) is 7.55. The van der Waals surface area contributed by atoms with Gasteiger partial charge in [0.2, 0.25) is 0 Å². The van der Waals surface area contributed by atoms with Crippen LogP contribution < -0.4 is 0 Å². The van der Waals surface area contributed by atoms with Gasteiger partial charge in [0.25, 0.3) is 0 Å². The van der Waals surface area contributed by atoms with E-state index in [0.29, 0.717) is 22.7 Å². The van der Waals surface area contributed by atoms with E-state index < -0.39 is 0 Å². The van der Waals surface area contributed by atoms with Crippen molar-refractivity contribution in [2.45, 2.75) is 105 Å². The molecule has 3 fully saturated rings. The topological polar surface area (TPSA) is 20.2 Å². The number of hydrogen-bond donors (Lipinski definition) is 1. The monoisotopic (exact) mass is 398 g/mol. The highest BCUT2D eigenvalue weighted by atomic mass is 16.3. The molecule has 9 unspecified atom stereocenters. The van der Waals surface area contributed by atoms with E-state index in [9.17, 15) is 5.11 Å². The molecule has 0 aromatic heterocycles. The second-order valence-electron chi connectivity index (χ2n) is 12.2. The molecule has 1 heteroatoms. The molecule has 164 valence electrons. The van der Waals surface area contributed by atoms with E-state index in [1.165, 1.54) is 56.9 Å². The fourth-order valence-corrected chi connectivity index (χ4v) is 8.43. The summed E-state index contributed by atoms with van der Waals surface area (Å²) >= 11 is 0. The molecule has 0 aromatic carbocycles. The molecule has 0 aliphatic heterocycles. The Balaban J connectivity index is 1.50. The Morgan fingerprint density at radius 2 is 1.76 bits per heavy atom. The Morgan fingerprint density at radius 1 is 1.07 bits per heavy atom. The van der Waals surface area contributed by atoms with Crippen molar-refractivity contribution in [3.8, 4) is 0 Å². The maximum atomic E-state index is 10.2. The Hall–Kier alpha value is -0.560. The van der Waals surface area contributed by atoms with E-state index in [-0.39, 0.29) is 6.10 Å². The molecule has 4 rings (SSSR count). The molecule has 0 heterocycles. The predicted molar refractivity (Wildman–Crippen MR) is 124 cm³/mol. The summed E-state index contributed by atoms with van der Waals surface area (Å²) in [7, 11) is 0. The quantitative estimate of drug-likeness (QED) is 0.474. The second kappa shape index (κ2) is 7.85. The molecular formula is C28H46O. The first-order valence-corrected chi connectivity index (χ1v) is 12.7. The van der Waals surface area contributed by atoms with Gasteiger partial charge in [-0.25, -0.2) is 0 Å². The van der Waals surface area contributed by atoms with Crippen molar-refractivity contribution in [3.05, 3.63) is 23.8 Å². The Kier molecular flexibility index (Phi) is 5.86. The highest BCUT2D eigenvalue weighted by Crippen LogP contribution is 2.66. The largest absolute Gasteiger partial charge is 0.393 e. The van der Waals surface area contributed by atoms with Gasteiger partial charge in [-0.3, -0.25) is 0 Å². The van der Waals surface area contributed by atoms with Gasteiger partial charge in [-0.1, -0.05) is 51.5 Å². The molecule has 0 radical (unpaired) electrons. The normalized spacial score (nSPS) is 46.1. The van der Waals surface area contributed by atoms with E-state index in [1.807, 2.05) is 5.57 Å². The minimum Gasteiger partial charge on any atom is -0.393 e. The number of fused-ring (bicyclic) bond motifs is 5. The van der Waals surface area contributed by atoms with Gasteiger partial charge >= 0.3 is 0 Å². The fraction of sp³-hybridized carbons (Fsp3) is 0.857. The fourth-order valence-electron chi connectivity index (χ4n) is 8.43. The maximum Gasteiger partial charge on any atom is 0.0543 e. The van der Waals surface area contributed by atoms with Crippen molar-refractivity contribution < 1.29 is 5.11 Å². The molecule has 0 saturated heterocycles. The highest BCUT2D eigenvalue weighted by molar-refractivity contribution is 5.27. The van der Waals surface area contributed by atoms with Gasteiger partial charge in [0, 0.05) is 0 Å². The number of allylic oxidation sites excluding steroid dienone is 3. The van der Waals surface area contributed by atoms with Gasteiger partial charge in [-0.15, -0.1) is 0 Å². The van der Waals surface area contributed by atoms with Gasteiger partial charge < -0.3 is 5.11 Å². The lowest BCUT2D eigenvalue weighted by atomic mass is 9.47. The van der Waals surface area contributed by atoms with E-state index in [2.05, 4.69) is 47.3 Å². The first-order chi connectivity index (χ1) is 13.7. The summed E-state index contributed by atoms with van der Waals surface area (Å²) in [6.45, 7) is 16.5. The lowest BCUT2D eigenvalue weighted by molar-refractivity contribution is -0.0428. The van der Waals surface area contributed by atoms with Crippen LogP contribution in [0.5, 0.6) is 0 Å². The molecule has 9 atom stereocenters. The minimum atomic E-state index is -0.0461.